The molecule has 0 aliphatic heterocycles. The second-order valence-corrected chi connectivity index (χ2v) is 3.83. The number of aryl methyl sites for hydroxylation is 1. The molecule has 0 atom stereocenters. The van der Waals surface area contributed by atoms with Crippen molar-refractivity contribution in [2.75, 3.05) is 7.11 Å². The molecule has 0 spiro atoms. The van der Waals surface area contributed by atoms with Crippen LogP contribution in [0.1, 0.15) is 24.8 Å². The van der Waals surface area contributed by atoms with Crippen LogP contribution in [0.15, 0.2) is 36.4 Å². The van der Waals surface area contributed by atoms with Crippen LogP contribution in [-0.4, -0.2) is 18.2 Å². The molecule has 0 aliphatic carbocycles. The topological polar surface area (TPSA) is 46.5 Å². The molecular formula is C14H18O3. The zero-order chi connectivity index (χ0) is 12.5. The van der Waals surface area contributed by atoms with Crippen molar-refractivity contribution in [3.05, 3.63) is 42.0 Å². The molecule has 0 aliphatic rings. The van der Waals surface area contributed by atoms with E-state index in [-0.39, 0.29) is 0 Å². The van der Waals surface area contributed by atoms with Gasteiger partial charge in [0.25, 0.3) is 0 Å². The van der Waals surface area contributed by atoms with Crippen LogP contribution in [-0.2, 0) is 11.2 Å². The van der Waals surface area contributed by atoms with Crippen LogP contribution in [0.3, 0.4) is 0 Å². The fourth-order valence-corrected chi connectivity index (χ4v) is 1.57. The highest BCUT2D eigenvalue weighted by Gasteiger charge is 1.94. The maximum Gasteiger partial charge on any atom is 0.327 e. The van der Waals surface area contributed by atoms with E-state index < -0.39 is 5.97 Å². The number of aliphatic carboxylic acids is 1. The van der Waals surface area contributed by atoms with Gasteiger partial charge < -0.3 is 9.84 Å². The van der Waals surface area contributed by atoms with E-state index in [1.165, 1.54) is 11.6 Å². The van der Waals surface area contributed by atoms with Gasteiger partial charge in [0.2, 0.25) is 0 Å². The first-order chi connectivity index (χ1) is 8.22. The summed E-state index contributed by atoms with van der Waals surface area (Å²) in [6, 6.07) is 8.04. The van der Waals surface area contributed by atoms with E-state index >= 15 is 0 Å². The van der Waals surface area contributed by atoms with Gasteiger partial charge in [0, 0.05) is 6.08 Å². The van der Waals surface area contributed by atoms with Crippen molar-refractivity contribution in [2.24, 2.45) is 0 Å². The molecule has 0 unspecified atom stereocenters. The predicted octanol–water partition coefficient (Wildman–Crippen LogP) is 3.05. The Morgan fingerprint density at radius 3 is 2.59 bits per heavy atom. The van der Waals surface area contributed by atoms with Gasteiger partial charge >= 0.3 is 5.97 Å². The van der Waals surface area contributed by atoms with E-state index in [9.17, 15) is 4.79 Å². The molecule has 0 heterocycles. The highest BCUT2D eigenvalue weighted by molar-refractivity contribution is 5.79. The van der Waals surface area contributed by atoms with Crippen LogP contribution < -0.4 is 4.74 Å². The van der Waals surface area contributed by atoms with Crippen LogP contribution in [0.2, 0.25) is 0 Å². The molecule has 1 rings (SSSR count). The fourth-order valence-electron chi connectivity index (χ4n) is 1.57. The Morgan fingerprint density at radius 1 is 1.29 bits per heavy atom. The first-order valence-corrected chi connectivity index (χ1v) is 5.75. The van der Waals surface area contributed by atoms with Crippen molar-refractivity contribution < 1.29 is 14.6 Å². The van der Waals surface area contributed by atoms with Crippen molar-refractivity contribution in [1.82, 2.24) is 0 Å². The third-order valence-electron chi connectivity index (χ3n) is 2.51. The number of rotatable bonds is 7. The number of benzene rings is 1. The van der Waals surface area contributed by atoms with Gasteiger partial charge in [-0.05, 0) is 43.4 Å². The van der Waals surface area contributed by atoms with Crippen molar-refractivity contribution >= 4 is 5.97 Å². The van der Waals surface area contributed by atoms with Crippen LogP contribution in [0.25, 0.3) is 0 Å². The normalized spacial score (nSPS) is 10.6. The van der Waals surface area contributed by atoms with Crippen molar-refractivity contribution in [3.8, 4) is 5.75 Å². The molecule has 1 aromatic rings. The Labute approximate surface area is 102 Å². The summed E-state index contributed by atoms with van der Waals surface area (Å²) in [5.74, 6) is -0.00158. The van der Waals surface area contributed by atoms with Crippen molar-refractivity contribution in [2.45, 2.75) is 25.7 Å². The van der Waals surface area contributed by atoms with E-state index in [0.29, 0.717) is 0 Å². The molecule has 92 valence electrons. The molecule has 0 amide bonds. The molecule has 0 aromatic heterocycles. The summed E-state index contributed by atoms with van der Waals surface area (Å²) in [6.45, 7) is 0. The maximum absolute atomic E-state index is 10.2. The zero-order valence-corrected chi connectivity index (χ0v) is 10.1. The van der Waals surface area contributed by atoms with Gasteiger partial charge in [0.15, 0.2) is 0 Å². The summed E-state index contributed by atoms with van der Waals surface area (Å²) < 4.78 is 5.08. The van der Waals surface area contributed by atoms with E-state index in [2.05, 4.69) is 12.1 Å². The summed E-state index contributed by atoms with van der Waals surface area (Å²) >= 11 is 0. The average Bonchev–Trinajstić information content (AvgIpc) is 2.34. The van der Waals surface area contributed by atoms with Crippen LogP contribution in [0.5, 0.6) is 5.75 Å². The highest BCUT2D eigenvalue weighted by Crippen LogP contribution is 2.13. The molecule has 3 heteroatoms. The Bertz CT molecular complexity index is 366. The Balaban J connectivity index is 2.19. The van der Waals surface area contributed by atoms with Crippen molar-refractivity contribution in [1.29, 1.82) is 0 Å². The molecule has 0 saturated carbocycles. The number of methoxy groups -OCH3 is 1. The summed E-state index contributed by atoms with van der Waals surface area (Å²) in [7, 11) is 1.66. The van der Waals surface area contributed by atoms with E-state index in [4.69, 9.17) is 9.84 Å². The number of allylic oxidation sites excluding steroid dienone is 1. The summed E-state index contributed by atoms with van der Waals surface area (Å²) in [5, 5.41) is 8.40. The lowest BCUT2D eigenvalue weighted by atomic mass is 10.1. The van der Waals surface area contributed by atoms with Gasteiger partial charge in [-0.25, -0.2) is 4.79 Å². The number of unbranched alkanes of at least 4 members (excludes halogenated alkanes) is 2. The Kier molecular flexibility index (Phi) is 5.86. The lowest BCUT2D eigenvalue weighted by molar-refractivity contribution is -0.131. The standard InChI is InChI=1S/C14H18O3/c1-17-13-10-8-12(9-11-13)6-4-2-3-5-7-14(15)16/h5,7-11H,2-4,6H2,1H3,(H,15,16). The molecule has 0 saturated heterocycles. The maximum atomic E-state index is 10.2. The third-order valence-corrected chi connectivity index (χ3v) is 2.51. The number of ether oxygens (including phenoxy) is 1. The quantitative estimate of drug-likeness (QED) is 0.582. The molecule has 0 fully saturated rings. The number of hydrogen-bond donors (Lipinski definition) is 1. The first-order valence-electron chi connectivity index (χ1n) is 5.75. The third kappa shape index (κ3) is 5.76. The van der Waals surface area contributed by atoms with E-state index in [1.807, 2.05) is 12.1 Å². The number of hydrogen-bond acceptors (Lipinski definition) is 2. The summed E-state index contributed by atoms with van der Waals surface area (Å²) in [4.78, 5) is 10.2. The minimum Gasteiger partial charge on any atom is -0.497 e. The number of carboxylic acids is 1. The number of carboxylic acid groups (broad SMARTS) is 1. The fraction of sp³-hybridized carbons (Fsp3) is 0.357. The number of carbonyl (C=O) groups is 1. The largest absolute Gasteiger partial charge is 0.497 e. The molecule has 0 radical (unpaired) electrons. The molecule has 3 nitrogen and oxygen atoms in total. The van der Waals surface area contributed by atoms with Crippen LogP contribution >= 0.6 is 0 Å². The minimum atomic E-state index is -0.875. The smallest absolute Gasteiger partial charge is 0.327 e. The molecule has 1 aromatic carbocycles. The van der Waals surface area contributed by atoms with E-state index in [1.54, 1.807) is 13.2 Å². The van der Waals surface area contributed by atoms with Gasteiger partial charge in [-0.3, -0.25) is 0 Å². The summed E-state index contributed by atoms with van der Waals surface area (Å²) in [6.07, 6.45) is 6.82. The second kappa shape index (κ2) is 7.49. The second-order valence-electron chi connectivity index (χ2n) is 3.83. The zero-order valence-electron chi connectivity index (χ0n) is 10.1. The van der Waals surface area contributed by atoms with Gasteiger partial charge in [0.1, 0.15) is 5.75 Å². The minimum absolute atomic E-state index is 0.822. The lowest BCUT2D eigenvalue weighted by Gasteiger charge is -2.02. The monoisotopic (exact) mass is 234 g/mol. The SMILES string of the molecule is COc1ccc(CCCCC=CC(=O)O)cc1. The van der Waals surface area contributed by atoms with Crippen LogP contribution in [0, 0.1) is 0 Å². The van der Waals surface area contributed by atoms with Gasteiger partial charge in [-0.2, -0.15) is 0 Å². The molecule has 0 bridgehead atoms. The van der Waals surface area contributed by atoms with E-state index in [0.717, 1.165) is 31.4 Å². The van der Waals surface area contributed by atoms with Crippen molar-refractivity contribution in [3.63, 3.8) is 0 Å². The highest BCUT2D eigenvalue weighted by atomic mass is 16.5. The average molecular weight is 234 g/mol. The Hall–Kier alpha value is -1.77. The van der Waals surface area contributed by atoms with Gasteiger partial charge in [0.05, 0.1) is 7.11 Å². The summed E-state index contributed by atoms with van der Waals surface area (Å²) in [5.41, 5.74) is 1.29. The molecule has 17 heavy (non-hydrogen) atoms. The molecule has 1 N–H and O–H groups in total. The van der Waals surface area contributed by atoms with Gasteiger partial charge in [-0.1, -0.05) is 18.2 Å². The lowest BCUT2D eigenvalue weighted by Crippen LogP contribution is -1.88. The predicted molar refractivity (Wildman–Crippen MR) is 67.3 cm³/mol. The molecular weight excluding hydrogens is 216 g/mol. The first kappa shape index (κ1) is 13.3. The Morgan fingerprint density at radius 2 is 2.00 bits per heavy atom. The van der Waals surface area contributed by atoms with Crippen LogP contribution in [0.4, 0.5) is 0 Å². The van der Waals surface area contributed by atoms with Gasteiger partial charge in [-0.15, -0.1) is 0 Å².